The Labute approximate surface area is 198 Å². The standard InChI is InChI=1S/C25H22O3.ClH.Mg/c1-2-3-12-23(27)28-22-16-14-18-9-5-7-11-20(18)25(22)24-19-10-6-4-8-17(19)13-15-21(24)26;;/h4-11,13-16,26H,2-3,12H2,1H3;1H;/q;;+2/p-2. The quantitative estimate of drug-likeness (QED) is 0.278. The van der Waals surface area contributed by atoms with Crippen LogP contribution in [0.5, 0.6) is 11.5 Å². The summed E-state index contributed by atoms with van der Waals surface area (Å²) in [5, 5.41) is 16.7. The molecule has 0 radical (unpaired) electrons. The van der Waals surface area contributed by atoms with Crippen LogP contribution in [0.15, 0.2) is 72.8 Å². The summed E-state index contributed by atoms with van der Waals surface area (Å²) in [5.74, 6) is 0.0835. The second-order valence-corrected chi connectivity index (χ2v) is 6.90. The zero-order chi connectivity index (χ0) is 19.5. The summed E-state index contributed by atoms with van der Waals surface area (Å²) in [5.41, 5.74) is 1.26. The molecule has 0 saturated carbocycles. The molecule has 0 unspecified atom stereocenters. The fourth-order valence-electron chi connectivity index (χ4n) is 3.60. The maximum Gasteiger partial charge on any atom is 2.00 e. The van der Waals surface area contributed by atoms with Crippen LogP contribution in [0.25, 0.3) is 32.7 Å². The van der Waals surface area contributed by atoms with Crippen LogP contribution in [0.4, 0.5) is 0 Å². The number of ether oxygens (including phenoxy) is 1. The number of unbranched alkanes of at least 4 members (excludes halogenated alkanes) is 1. The van der Waals surface area contributed by atoms with Crippen LogP contribution in [0.2, 0.25) is 0 Å². The molecule has 0 N–H and O–H groups in total. The fraction of sp³-hybridized carbons (Fsp3) is 0.160. The molecule has 5 heteroatoms. The third-order valence-electron chi connectivity index (χ3n) is 4.99. The summed E-state index contributed by atoms with van der Waals surface area (Å²) in [4.78, 5) is 12.3. The molecule has 0 spiro atoms. The SMILES string of the molecule is CCCCC(=O)Oc1ccc2ccccc2c1-c1c([O-])ccc2ccccc12.[Cl-].[Mg+2]. The summed E-state index contributed by atoms with van der Waals surface area (Å²) >= 11 is 0. The van der Waals surface area contributed by atoms with Crippen molar-refractivity contribution < 1.29 is 27.0 Å². The maximum absolute atomic E-state index is 12.9. The molecule has 4 aromatic rings. The number of carbonyl (C=O) groups is 1. The number of hydrogen-bond donors (Lipinski definition) is 0. The van der Waals surface area contributed by atoms with E-state index in [4.69, 9.17) is 4.74 Å². The van der Waals surface area contributed by atoms with E-state index in [1.807, 2.05) is 67.6 Å². The summed E-state index contributed by atoms with van der Waals surface area (Å²) in [6.45, 7) is 2.04. The minimum Gasteiger partial charge on any atom is -1.00 e. The van der Waals surface area contributed by atoms with Crippen LogP contribution in [-0.4, -0.2) is 29.0 Å². The minimum atomic E-state index is -0.272. The van der Waals surface area contributed by atoms with Gasteiger partial charge in [0.05, 0.1) is 0 Å². The van der Waals surface area contributed by atoms with Gasteiger partial charge in [0.25, 0.3) is 0 Å². The van der Waals surface area contributed by atoms with Gasteiger partial charge in [0.15, 0.2) is 0 Å². The molecular formula is C25H21ClMgO3. The van der Waals surface area contributed by atoms with Gasteiger partial charge in [-0.2, -0.15) is 0 Å². The molecule has 0 aliphatic rings. The van der Waals surface area contributed by atoms with Gasteiger partial charge in [0.1, 0.15) is 5.75 Å². The van der Waals surface area contributed by atoms with Crippen molar-refractivity contribution in [3.8, 4) is 22.6 Å². The number of hydrogen-bond acceptors (Lipinski definition) is 3. The van der Waals surface area contributed by atoms with E-state index in [0.717, 1.165) is 34.4 Å². The second kappa shape index (κ2) is 10.7. The summed E-state index contributed by atoms with van der Waals surface area (Å²) in [6.07, 6.45) is 2.07. The van der Waals surface area contributed by atoms with Gasteiger partial charge in [0.2, 0.25) is 0 Å². The van der Waals surface area contributed by atoms with E-state index in [1.54, 1.807) is 12.1 Å². The average molecular weight is 429 g/mol. The Morgan fingerprint density at radius 3 is 2.03 bits per heavy atom. The average Bonchev–Trinajstić information content (AvgIpc) is 2.73. The normalized spacial score (nSPS) is 10.3. The maximum atomic E-state index is 12.9. The Morgan fingerprint density at radius 1 is 0.833 bits per heavy atom. The van der Waals surface area contributed by atoms with E-state index < -0.39 is 0 Å². The molecule has 0 amide bonds. The molecule has 0 heterocycles. The third-order valence-corrected chi connectivity index (χ3v) is 4.99. The third kappa shape index (κ3) is 4.72. The van der Waals surface area contributed by atoms with Gasteiger partial charge >= 0.3 is 29.0 Å². The van der Waals surface area contributed by atoms with Crippen molar-refractivity contribution in [3.05, 3.63) is 72.8 Å². The van der Waals surface area contributed by atoms with Crippen molar-refractivity contribution in [2.75, 3.05) is 0 Å². The van der Waals surface area contributed by atoms with Gasteiger partial charge in [-0.3, -0.25) is 4.79 Å². The Morgan fingerprint density at radius 2 is 1.40 bits per heavy atom. The van der Waals surface area contributed by atoms with Gasteiger partial charge in [-0.05, 0) is 39.6 Å². The first-order chi connectivity index (χ1) is 13.7. The summed E-state index contributed by atoms with van der Waals surface area (Å²) < 4.78 is 5.74. The van der Waals surface area contributed by atoms with Crippen molar-refractivity contribution in [1.29, 1.82) is 0 Å². The van der Waals surface area contributed by atoms with E-state index in [2.05, 4.69) is 0 Å². The molecule has 3 nitrogen and oxygen atoms in total. The zero-order valence-corrected chi connectivity index (χ0v) is 19.0. The van der Waals surface area contributed by atoms with Gasteiger partial charge in [-0.25, -0.2) is 0 Å². The van der Waals surface area contributed by atoms with Crippen LogP contribution >= 0.6 is 0 Å². The van der Waals surface area contributed by atoms with E-state index in [9.17, 15) is 9.90 Å². The first-order valence-corrected chi connectivity index (χ1v) is 9.60. The Bertz CT molecular complexity index is 1170. The molecule has 0 saturated heterocycles. The smallest absolute Gasteiger partial charge is 1.00 e. The van der Waals surface area contributed by atoms with Crippen molar-refractivity contribution >= 4 is 50.6 Å². The van der Waals surface area contributed by atoms with Gasteiger partial charge < -0.3 is 22.3 Å². The molecule has 0 atom stereocenters. The van der Waals surface area contributed by atoms with E-state index >= 15 is 0 Å². The largest absolute Gasteiger partial charge is 2.00 e. The Kier molecular flexibility index (Phi) is 8.53. The second-order valence-electron chi connectivity index (χ2n) is 6.90. The van der Waals surface area contributed by atoms with E-state index in [-0.39, 0.29) is 47.2 Å². The monoisotopic (exact) mass is 428 g/mol. The molecule has 0 aromatic heterocycles. The fourth-order valence-corrected chi connectivity index (χ4v) is 3.60. The molecule has 148 valence electrons. The molecule has 30 heavy (non-hydrogen) atoms. The topological polar surface area (TPSA) is 49.4 Å². The molecule has 4 rings (SSSR count). The van der Waals surface area contributed by atoms with Crippen LogP contribution in [0.1, 0.15) is 26.2 Å². The van der Waals surface area contributed by atoms with Gasteiger partial charge in [0, 0.05) is 12.0 Å². The summed E-state index contributed by atoms with van der Waals surface area (Å²) in [6, 6.07) is 22.8. The number of carbonyl (C=O) groups excluding carboxylic acids is 1. The molecule has 0 aliphatic carbocycles. The van der Waals surface area contributed by atoms with Gasteiger partial charge in [-0.1, -0.05) is 80.1 Å². The molecular weight excluding hydrogens is 408 g/mol. The number of rotatable bonds is 5. The Balaban J connectivity index is 0.00000160. The number of fused-ring (bicyclic) bond motifs is 2. The van der Waals surface area contributed by atoms with Crippen LogP contribution in [-0.2, 0) is 4.79 Å². The van der Waals surface area contributed by atoms with Crippen LogP contribution < -0.4 is 22.3 Å². The predicted octanol–water partition coefficient (Wildman–Crippen LogP) is 2.45. The summed E-state index contributed by atoms with van der Waals surface area (Å²) in [7, 11) is 0. The van der Waals surface area contributed by atoms with Crippen LogP contribution in [0, 0.1) is 0 Å². The van der Waals surface area contributed by atoms with E-state index in [1.165, 1.54) is 0 Å². The Hall–Kier alpha value is -2.27. The number of esters is 1. The first-order valence-electron chi connectivity index (χ1n) is 9.60. The zero-order valence-electron chi connectivity index (χ0n) is 16.9. The number of benzene rings is 4. The molecule has 0 aliphatic heterocycles. The minimum absolute atomic E-state index is 0. The van der Waals surface area contributed by atoms with Crippen molar-refractivity contribution in [2.24, 2.45) is 0 Å². The predicted molar refractivity (Wildman–Crippen MR) is 117 cm³/mol. The van der Waals surface area contributed by atoms with Gasteiger partial charge in [-0.15, -0.1) is 5.75 Å². The van der Waals surface area contributed by atoms with Crippen molar-refractivity contribution in [1.82, 2.24) is 0 Å². The van der Waals surface area contributed by atoms with Crippen molar-refractivity contribution in [2.45, 2.75) is 26.2 Å². The van der Waals surface area contributed by atoms with Crippen molar-refractivity contribution in [3.63, 3.8) is 0 Å². The number of halogens is 1. The molecule has 0 bridgehead atoms. The molecule has 4 aromatic carbocycles. The van der Waals surface area contributed by atoms with Crippen LogP contribution in [0.3, 0.4) is 0 Å². The molecule has 0 fully saturated rings. The van der Waals surface area contributed by atoms with E-state index in [0.29, 0.717) is 23.3 Å². The first kappa shape index (κ1) is 24.0.